The van der Waals surface area contributed by atoms with Crippen LogP contribution in [0.25, 0.3) is 0 Å². The highest BCUT2D eigenvalue weighted by molar-refractivity contribution is 5.93. The molecule has 1 saturated heterocycles. The summed E-state index contributed by atoms with van der Waals surface area (Å²) in [4.78, 5) is 51.8. The lowest BCUT2D eigenvalue weighted by Gasteiger charge is -2.61. The molecule has 32 heavy (non-hydrogen) atoms. The van der Waals surface area contributed by atoms with Crippen molar-refractivity contribution < 1.29 is 37.8 Å². The van der Waals surface area contributed by atoms with E-state index < -0.39 is 52.7 Å². The lowest BCUT2D eigenvalue weighted by atomic mass is 9.43. The van der Waals surface area contributed by atoms with Crippen LogP contribution in [0.4, 0.5) is 0 Å². The normalized spacial score (nSPS) is 38.8. The predicted octanol–water partition coefficient (Wildman–Crippen LogP) is 3.39. The van der Waals surface area contributed by atoms with Crippen molar-refractivity contribution in [3.8, 4) is 0 Å². The number of Topliss-reactive ketones (excluding diaryl/α,β-unsaturated/α-hetero) is 1. The quantitative estimate of drug-likeness (QED) is 0.511. The first-order valence-electron chi connectivity index (χ1n) is 11.2. The molecule has 0 spiro atoms. The van der Waals surface area contributed by atoms with Crippen LogP contribution in [0.15, 0.2) is 23.0 Å². The van der Waals surface area contributed by atoms with E-state index in [9.17, 15) is 19.2 Å². The molecule has 8 heteroatoms. The molecule has 3 aliphatic rings. The number of ketones is 1. The van der Waals surface area contributed by atoms with Gasteiger partial charge in [-0.2, -0.15) is 0 Å². The van der Waals surface area contributed by atoms with Gasteiger partial charge >= 0.3 is 17.9 Å². The highest BCUT2D eigenvalue weighted by Crippen LogP contribution is 2.65. The summed E-state index contributed by atoms with van der Waals surface area (Å²) >= 11 is 0. The number of rotatable bonds is 4. The van der Waals surface area contributed by atoms with Crippen molar-refractivity contribution in [3.63, 3.8) is 0 Å². The smallest absolute Gasteiger partial charge is 0.310 e. The summed E-state index contributed by atoms with van der Waals surface area (Å²) in [7, 11) is 1.32. The maximum Gasteiger partial charge on any atom is 0.310 e. The Morgan fingerprint density at radius 1 is 1.22 bits per heavy atom. The lowest BCUT2D eigenvalue weighted by molar-refractivity contribution is -0.210. The zero-order chi connectivity index (χ0) is 23.3. The maximum atomic E-state index is 13.8. The van der Waals surface area contributed by atoms with E-state index in [1.54, 1.807) is 13.0 Å². The Kier molecular flexibility index (Phi) is 5.67. The molecule has 2 aliphatic carbocycles. The van der Waals surface area contributed by atoms with Gasteiger partial charge in [0.15, 0.2) is 11.9 Å². The first-order chi connectivity index (χ1) is 15.2. The molecule has 0 N–H and O–H groups in total. The molecule has 1 aromatic heterocycles. The molecule has 7 atom stereocenters. The molecule has 1 aliphatic heterocycles. The number of furan rings is 1. The summed E-state index contributed by atoms with van der Waals surface area (Å²) in [6.45, 7) is 5.52. The van der Waals surface area contributed by atoms with Crippen LogP contribution >= 0.6 is 0 Å². The average molecular weight is 446 g/mol. The van der Waals surface area contributed by atoms with Gasteiger partial charge in [-0.1, -0.05) is 20.8 Å². The van der Waals surface area contributed by atoms with Crippen molar-refractivity contribution in [1.29, 1.82) is 0 Å². The topological polar surface area (TPSA) is 109 Å². The standard InChI is InChI=1S/C24H30O8/c1-5-18(25)31-16-10-15(21(27)29-4)23(2)8-6-14-22(28)32-17(13-7-9-30-12-13)11-24(14,3)20(23)19(16)26/h7,9,12,14-17,20H,5-6,8,10-11H2,1-4H3/t14-,15-,16+,17-,20-,23-,24-/m0/s1. The van der Waals surface area contributed by atoms with Crippen molar-refractivity contribution in [2.75, 3.05) is 7.11 Å². The summed E-state index contributed by atoms with van der Waals surface area (Å²) in [6.07, 6.45) is 3.13. The van der Waals surface area contributed by atoms with E-state index in [1.165, 1.54) is 19.6 Å². The Labute approximate surface area is 186 Å². The summed E-state index contributed by atoms with van der Waals surface area (Å²) in [5, 5.41) is 0. The molecule has 174 valence electrons. The minimum atomic E-state index is -1.04. The minimum Gasteiger partial charge on any atom is -0.472 e. The number of methoxy groups -OCH3 is 1. The Morgan fingerprint density at radius 3 is 2.59 bits per heavy atom. The van der Waals surface area contributed by atoms with Crippen LogP contribution in [-0.4, -0.2) is 36.9 Å². The van der Waals surface area contributed by atoms with Crippen LogP contribution < -0.4 is 0 Å². The van der Waals surface area contributed by atoms with Gasteiger partial charge in [-0.3, -0.25) is 19.2 Å². The Balaban J connectivity index is 1.78. The van der Waals surface area contributed by atoms with Crippen LogP contribution in [0.2, 0.25) is 0 Å². The van der Waals surface area contributed by atoms with Crippen molar-refractivity contribution in [3.05, 3.63) is 24.2 Å². The molecule has 0 amide bonds. The third-order valence-corrected chi connectivity index (χ3v) is 8.07. The molecule has 4 rings (SSSR count). The van der Waals surface area contributed by atoms with Gasteiger partial charge in [0.2, 0.25) is 0 Å². The second kappa shape index (κ2) is 8.05. The average Bonchev–Trinajstić information content (AvgIpc) is 3.29. The van der Waals surface area contributed by atoms with Gasteiger partial charge in [0.05, 0.1) is 31.5 Å². The highest BCUT2D eigenvalue weighted by atomic mass is 16.6. The summed E-state index contributed by atoms with van der Waals surface area (Å²) in [6, 6.07) is 1.75. The van der Waals surface area contributed by atoms with Crippen molar-refractivity contribution in [1.82, 2.24) is 0 Å². The molecule has 0 unspecified atom stereocenters. The number of cyclic esters (lactones) is 1. The fourth-order valence-electron chi connectivity index (χ4n) is 6.51. The van der Waals surface area contributed by atoms with Gasteiger partial charge in [-0.05, 0) is 36.2 Å². The van der Waals surface area contributed by atoms with E-state index >= 15 is 0 Å². The minimum absolute atomic E-state index is 0.0978. The molecule has 0 radical (unpaired) electrons. The van der Waals surface area contributed by atoms with Crippen LogP contribution in [0, 0.1) is 28.6 Å². The molecule has 2 saturated carbocycles. The second-order valence-electron chi connectivity index (χ2n) is 9.77. The summed E-state index contributed by atoms with van der Waals surface area (Å²) in [5.74, 6) is -3.24. The number of hydrogen-bond donors (Lipinski definition) is 0. The van der Waals surface area contributed by atoms with Crippen molar-refractivity contribution >= 4 is 23.7 Å². The fourth-order valence-corrected chi connectivity index (χ4v) is 6.51. The fraction of sp³-hybridized carbons (Fsp3) is 0.667. The summed E-state index contributed by atoms with van der Waals surface area (Å²) < 4.78 is 21.5. The van der Waals surface area contributed by atoms with E-state index in [4.69, 9.17) is 18.6 Å². The Morgan fingerprint density at radius 2 is 1.97 bits per heavy atom. The monoisotopic (exact) mass is 446 g/mol. The largest absolute Gasteiger partial charge is 0.472 e. The first-order valence-corrected chi connectivity index (χ1v) is 11.2. The van der Waals surface area contributed by atoms with Gasteiger partial charge in [-0.15, -0.1) is 0 Å². The van der Waals surface area contributed by atoms with Gasteiger partial charge in [-0.25, -0.2) is 0 Å². The van der Waals surface area contributed by atoms with Gasteiger partial charge in [0.25, 0.3) is 0 Å². The number of fused-ring (bicyclic) bond motifs is 3. The number of carbonyl (C=O) groups is 4. The number of esters is 3. The molecule has 2 heterocycles. The molecule has 3 fully saturated rings. The molecule has 0 bridgehead atoms. The second-order valence-corrected chi connectivity index (χ2v) is 9.77. The van der Waals surface area contributed by atoms with Crippen LogP contribution in [0.1, 0.15) is 64.5 Å². The SMILES string of the molecule is CCC(=O)O[C@@H]1C[C@@H](C(=O)OC)[C@]2(C)CC[C@H]3C(=O)O[C@H](c4ccoc4)C[C@]3(C)[C@H]2C1=O. The van der Waals surface area contributed by atoms with E-state index in [-0.39, 0.29) is 24.6 Å². The Hall–Kier alpha value is -2.64. The molecule has 8 nitrogen and oxygen atoms in total. The third kappa shape index (κ3) is 3.35. The van der Waals surface area contributed by atoms with E-state index in [0.717, 1.165) is 5.56 Å². The highest BCUT2D eigenvalue weighted by Gasteiger charge is 2.67. The molecular formula is C24H30O8. The van der Waals surface area contributed by atoms with E-state index in [2.05, 4.69) is 0 Å². The lowest BCUT2D eigenvalue weighted by Crippen LogP contribution is -2.64. The van der Waals surface area contributed by atoms with Crippen LogP contribution in [0.3, 0.4) is 0 Å². The molecular weight excluding hydrogens is 416 g/mol. The van der Waals surface area contributed by atoms with Crippen molar-refractivity contribution in [2.24, 2.45) is 28.6 Å². The van der Waals surface area contributed by atoms with Gasteiger partial charge in [0, 0.05) is 24.3 Å². The first kappa shape index (κ1) is 22.6. The van der Waals surface area contributed by atoms with Crippen molar-refractivity contribution in [2.45, 2.75) is 65.1 Å². The number of ether oxygens (including phenoxy) is 3. The zero-order valence-corrected chi connectivity index (χ0v) is 18.9. The number of hydrogen-bond acceptors (Lipinski definition) is 8. The van der Waals surface area contributed by atoms with Crippen LogP contribution in [-0.2, 0) is 33.4 Å². The van der Waals surface area contributed by atoms with E-state index in [1.807, 2.05) is 13.8 Å². The van der Waals surface area contributed by atoms with E-state index in [0.29, 0.717) is 19.3 Å². The van der Waals surface area contributed by atoms with Gasteiger partial charge < -0.3 is 18.6 Å². The number of carbonyl (C=O) groups excluding carboxylic acids is 4. The molecule has 0 aromatic carbocycles. The van der Waals surface area contributed by atoms with Gasteiger partial charge in [0.1, 0.15) is 6.10 Å². The maximum absolute atomic E-state index is 13.8. The predicted molar refractivity (Wildman–Crippen MR) is 110 cm³/mol. The zero-order valence-electron chi connectivity index (χ0n) is 18.9. The third-order valence-electron chi connectivity index (χ3n) is 8.07. The van der Waals surface area contributed by atoms with Crippen LogP contribution in [0.5, 0.6) is 0 Å². The molecule has 1 aromatic rings. The summed E-state index contributed by atoms with van der Waals surface area (Å²) in [5.41, 5.74) is -0.763. The Bertz CT molecular complexity index is 920.